The van der Waals surface area contributed by atoms with Gasteiger partial charge in [-0.25, -0.2) is 19.2 Å². The van der Waals surface area contributed by atoms with Gasteiger partial charge in [-0.2, -0.15) is 0 Å². The Morgan fingerprint density at radius 2 is 0.783 bits per heavy atom. The fourth-order valence-electron chi connectivity index (χ4n) is 6.50. The summed E-state index contributed by atoms with van der Waals surface area (Å²) in [6.45, 7) is -0.104. The van der Waals surface area contributed by atoms with E-state index in [9.17, 15) is 28.8 Å². The highest BCUT2D eigenvalue weighted by Crippen LogP contribution is 2.31. The zero-order valence-electron chi connectivity index (χ0n) is 37.7. The summed E-state index contributed by atoms with van der Waals surface area (Å²) >= 11 is 0. The lowest BCUT2D eigenvalue weighted by Gasteiger charge is -2.18. The molecule has 0 radical (unpaired) electrons. The van der Waals surface area contributed by atoms with Crippen LogP contribution < -0.4 is 18.9 Å². The molecule has 0 aliphatic heterocycles. The van der Waals surface area contributed by atoms with E-state index < -0.39 is 54.4 Å². The second-order valence-electron chi connectivity index (χ2n) is 15.1. The van der Waals surface area contributed by atoms with E-state index in [4.69, 9.17) is 37.9 Å². The van der Waals surface area contributed by atoms with Crippen LogP contribution in [-0.4, -0.2) is 62.2 Å². The first kappa shape index (κ1) is 49.6. The van der Waals surface area contributed by atoms with Crippen molar-refractivity contribution < 1.29 is 66.7 Å². The number of rotatable bonds is 22. The lowest BCUT2D eigenvalue weighted by Crippen LogP contribution is -2.33. The first-order valence-electron chi connectivity index (χ1n) is 21.6. The SMILES string of the molecule is COc1cc(/C=C/C(=O)CC(=O)/C=C/c2ccc(OC(=O)[C@H](Cc3ccccc3)OC(=O)OCc3ccccc3)c(OC)c2)ccc1OC(=O)[C@H](Cc1ccccc1)OC(=O)OCc1ccccc1. The average molecular weight is 933 g/mol. The maximum atomic E-state index is 13.4. The molecule has 0 aliphatic rings. The largest absolute Gasteiger partial charge is 0.509 e. The summed E-state index contributed by atoms with van der Waals surface area (Å²) in [6.07, 6.45) is 0.212. The number of allylic oxidation sites excluding steroid dienone is 2. The van der Waals surface area contributed by atoms with Crippen molar-refractivity contribution in [3.8, 4) is 23.0 Å². The Hall–Kier alpha value is -8.78. The van der Waals surface area contributed by atoms with Crippen molar-refractivity contribution in [2.45, 2.75) is 44.7 Å². The molecule has 0 fully saturated rings. The summed E-state index contributed by atoms with van der Waals surface area (Å²) in [5, 5.41) is 0. The maximum Gasteiger partial charge on any atom is 0.509 e. The normalized spacial score (nSPS) is 11.7. The van der Waals surface area contributed by atoms with Gasteiger partial charge in [0.25, 0.3) is 0 Å². The van der Waals surface area contributed by atoms with E-state index in [0.717, 1.165) is 11.1 Å². The van der Waals surface area contributed by atoms with Crippen molar-refractivity contribution in [1.29, 1.82) is 0 Å². The molecule has 0 spiro atoms. The Labute approximate surface area is 398 Å². The number of hydrogen-bond acceptors (Lipinski definition) is 14. The quantitative estimate of drug-likeness (QED) is 0.0272. The standard InChI is InChI=1S/C55H48O14/c1-62-48-31-40(25-29-46(48)66-52(58)50(33-38-15-7-3-8-16-38)68-54(60)64-36-42-19-11-5-12-20-42)23-27-44(56)35-45(57)28-24-41-26-30-47(49(32-41)63-2)67-53(59)51(34-39-17-9-4-10-18-39)69-55(61)65-37-43-21-13-6-14-22-43/h3-32,50-51H,33-37H2,1-2H3/b27-23+,28-24+/t50-,51-/m0/s1. The maximum absolute atomic E-state index is 13.4. The zero-order chi connectivity index (χ0) is 48.8. The Morgan fingerprint density at radius 1 is 0.435 bits per heavy atom. The molecule has 0 aliphatic carbocycles. The Kier molecular flexibility index (Phi) is 18.6. The number of methoxy groups -OCH3 is 2. The van der Waals surface area contributed by atoms with Gasteiger partial charge >= 0.3 is 24.2 Å². The minimum absolute atomic E-state index is 0.0155. The molecule has 0 saturated heterocycles. The van der Waals surface area contributed by atoms with E-state index in [1.165, 1.54) is 62.8 Å². The van der Waals surface area contributed by atoms with Gasteiger partial charge in [0.1, 0.15) is 13.2 Å². The fourth-order valence-corrected chi connectivity index (χ4v) is 6.50. The molecule has 0 heterocycles. The smallest absolute Gasteiger partial charge is 0.493 e. The van der Waals surface area contributed by atoms with Crippen molar-refractivity contribution in [3.63, 3.8) is 0 Å². The first-order chi connectivity index (χ1) is 33.5. The Balaban J connectivity index is 1.02. The molecule has 6 aromatic rings. The van der Waals surface area contributed by atoms with Crippen molar-refractivity contribution >= 4 is 48.0 Å². The van der Waals surface area contributed by atoms with E-state index >= 15 is 0 Å². The molecule has 0 amide bonds. The monoisotopic (exact) mass is 932 g/mol. The van der Waals surface area contributed by atoms with Crippen LogP contribution in [0.15, 0.2) is 170 Å². The van der Waals surface area contributed by atoms with Crippen LogP contribution in [-0.2, 0) is 64.2 Å². The summed E-state index contributed by atoms with van der Waals surface area (Å²) < 4.78 is 43.5. The topological polar surface area (TPSA) is 176 Å². The molecule has 0 unspecified atom stereocenters. The van der Waals surface area contributed by atoms with Gasteiger partial charge in [-0.05, 0) is 69.8 Å². The summed E-state index contributed by atoms with van der Waals surface area (Å²) in [5.74, 6) is -2.35. The van der Waals surface area contributed by atoms with Gasteiger partial charge in [-0.3, -0.25) is 9.59 Å². The summed E-state index contributed by atoms with van der Waals surface area (Å²) in [6, 6.07) is 45.1. The minimum atomic E-state index is -1.36. The highest BCUT2D eigenvalue weighted by Gasteiger charge is 2.29. The van der Waals surface area contributed by atoms with E-state index in [-0.39, 0.29) is 49.1 Å². The predicted octanol–water partition coefficient (Wildman–Crippen LogP) is 9.70. The molecule has 0 saturated carbocycles. The van der Waals surface area contributed by atoms with Gasteiger partial charge in [0.05, 0.1) is 20.6 Å². The molecule has 14 nitrogen and oxygen atoms in total. The molecule has 0 bridgehead atoms. The van der Waals surface area contributed by atoms with E-state index in [1.807, 2.05) is 24.3 Å². The summed E-state index contributed by atoms with van der Waals surface area (Å²) in [7, 11) is 2.75. The van der Waals surface area contributed by atoms with E-state index in [1.54, 1.807) is 109 Å². The van der Waals surface area contributed by atoms with Gasteiger partial charge in [-0.15, -0.1) is 0 Å². The number of esters is 2. The van der Waals surface area contributed by atoms with Crippen LogP contribution in [0.25, 0.3) is 12.2 Å². The van der Waals surface area contributed by atoms with Gasteiger partial charge in [0.2, 0.25) is 12.2 Å². The molecule has 2 atom stereocenters. The van der Waals surface area contributed by atoms with Gasteiger partial charge < -0.3 is 37.9 Å². The third kappa shape index (κ3) is 16.3. The summed E-state index contributed by atoms with van der Waals surface area (Å²) in [4.78, 5) is 77.8. The lowest BCUT2D eigenvalue weighted by molar-refractivity contribution is -0.146. The third-order valence-corrected chi connectivity index (χ3v) is 10.00. The number of carbonyl (C=O) groups excluding carboxylic acids is 6. The Bertz CT molecular complexity index is 2550. The third-order valence-electron chi connectivity index (χ3n) is 10.00. The highest BCUT2D eigenvalue weighted by molar-refractivity contribution is 6.11. The van der Waals surface area contributed by atoms with Crippen LogP contribution in [0.4, 0.5) is 9.59 Å². The van der Waals surface area contributed by atoms with Gasteiger partial charge in [-0.1, -0.05) is 146 Å². The molecule has 6 aromatic carbocycles. The van der Waals surface area contributed by atoms with Crippen LogP contribution in [0.5, 0.6) is 23.0 Å². The van der Waals surface area contributed by atoms with Crippen molar-refractivity contribution in [2.75, 3.05) is 14.2 Å². The molecule has 14 heteroatoms. The van der Waals surface area contributed by atoms with Crippen molar-refractivity contribution in [3.05, 3.63) is 203 Å². The first-order valence-corrected chi connectivity index (χ1v) is 21.6. The number of hydrogen-bond donors (Lipinski definition) is 0. The summed E-state index contributed by atoms with van der Waals surface area (Å²) in [5.41, 5.74) is 3.91. The van der Waals surface area contributed by atoms with Crippen LogP contribution in [0.3, 0.4) is 0 Å². The zero-order valence-corrected chi connectivity index (χ0v) is 37.7. The fraction of sp³-hybridized carbons (Fsp3) is 0.164. The molecular formula is C55H48O14. The van der Waals surface area contributed by atoms with Crippen LogP contribution >= 0.6 is 0 Å². The van der Waals surface area contributed by atoms with E-state index in [0.29, 0.717) is 22.3 Å². The number of carbonyl (C=O) groups is 6. The number of benzene rings is 6. The van der Waals surface area contributed by atoms with Crippen LogP contribution in [0.2, 0.25) is 0 Å². The molecule has 6 rings (SSSR count). The molecule has 0 aromatic heterocycles. The minimum Gasteiger partial charge on any atom is -0.493 e. The molecule has 0 N–H and O–H groups in total. The average Bonchev–Trinajstić information content (AvgIpc) is 3.37. The van der Waals surface area contributed by atoms with Gasteiger partial charge in [0, 0.05) is 12.8 Å². The van der Waals surface area contributed by atoms with Gasteiger partial charge in [0.15, 0.2) is 34.6 Å². The van der Waals surface area contributed by atoms with Crippen molar-refractivity contribution in [1.82, 2.24) is 0 Å². The predicted molar refractivity (Wildman–Crippen MR) is 253 cm³/mol. The second kappa shape index (κ2) is 25.8. The molecule has 69 heavy (non-hydrogen) atoms. The highest BCUT2D eigenvalue weighted by atomic mass is 16.7. The van der Waals surface area contributed by atoms with Crippen LogP contribution in [0, 0.1) is 0 Å². The second-order valence-corrected chi connectivity index (χ2v) is 15.1. The molecular weight excluding hydrogens is 885 g/mol. The number of ketones is 2. The van der Waals surface area contributed by atoms with Crippen LogP contribution in [0.1, 0.15) is 39.8 Å². The number of ether oxygens (including phenoxy) is 8. The lowest BCUT2D eigenvalue weighted by atomic mass is 10.1. The van der Waals surface area contributed by atoms with Crippen molar-refractivity contribution in [2.24, 2.45) is 0 Å². The molecule has 352 valence electrons. The van der Waals surface area contributed by atoms with E-state index in [2.05, 4.69) is 0 Å². The Morgan fingerprint density at radius 3 is 1.13 bits per heavy atom.